The van der Waals surface area contributed by atoms with Crippen molar-refractivity contribution in [2.45, 2.75) is 26.9 Å². The van der Waals surface area contributed by atoms with Crippen LogP contribution in [0.4, 0.5) is 0 Å². The molecule has 0 saturated heterocycles. The summed E-state index contributed by atoms with van der Waals surface area (Å²) in [7, 11) is 1.61. The number of aromatic nitrogens is 4. The Hall–Kier alpha value is -2.84. The molecule has 2 aromatic heterocycles. The molecule has 1 aromatic carbocycles. The number of nitrogens with zero attached hydrogens (tertiary/aromatic N) is 3. The predicted molar refractivity (Wildman–Crippen MR) is 114 cm³/mol. The van der Waals surface area contributed by atoms with Crippen molar-refractivity contribution in [3.05, 3.63) is 55.4 Å². The highest BCUT2D eigenvalue weighted by molar-refractivity contribution is 6.32. The first-order valence-corrected chi connectivity index (χ1v) is 9.70. The van der Waals surface area contributed by atoms with Crippen LogP contribution in [0.3, 0.4) is 0 Å². The van der Waals surface area contributed by atoms with E-state index in [1.165, 1.54) is 9.13 Å². The number of ether oxygens (including phenoxy) is 2. The third kappa shape index (κ3) is 4.28. The summed E-state index contributed by atoms with van der Waals surface area (Å²) < 4.78 is 13.2. The Kier molecular flexibility index (Phi) is 6.56. The van der Waals surface area contributed by atoms with Crippen molar-refractivity contribution >= 4 is 34.9 Å². The minimum atomic E-state index is -0.370. The molecule has 0 aliphatic heterocycles. The number of nitrogens with one attached hydrogen (secondary N) is 1. The standard InChI is InChI=1S/C20H23ClN4O4/c1-4-24-18-17(19(26)25(5-2)20(24)27)22-16(23-18)9-7-13-6-8-15(14(21)12-13)29-11-10-28-3/h6-9,12H,4-5,10-11H2,1-3H3,(H,22,23)/b9-7+. The molecule has 3 rings (SSSR count). The molecule has 9 heteroatoms. The van der Waals surface area contributed by atoms with Gasteiger partial charge in [0.1, 0.15) is 23.7 Å². The molecule has 0 radical (unpaired) electrons. The van der Waals surface area contributed by atoms with E-state index >= 15 is 0 Å². The van der Waals surface area contributed by atoms with Gasteiger partial charge >= 0.3 is 5.69 Å². The summed E-state index contributed by atoms with van der Waals surface area (Å²) in [5, 5.41) is 0.485. The average molecular weight is 419 g/mol. The molecule has 0 amide bonds. The third-order valence-corrected chi connectivity index (χ3v) is 4.74. The first-order valence-electron chi connectivity index (χ1n) is 9.32. The molecule has 154 valence electrons. The molecule has 0 atom stereocenters. The molecule has 0 fully saturated rings. The quantitative estimate of drug-likeness (QED) is 0.568. The fourth-order valence-corrected chi connectivity index (χ4v) is 3.22. The maximum Gasteiger partial charge on any atom is 0.332 e. The van der Waals surface area contributed by atoms with Crippen molar-refractivity contribution in [1.29, 1.82) is 0 Å². The number of aromatic amines is 1. The van der Waals surface area contributed by atoms with E-state index in [2.05, 4.69) is 9.97 Å². The van der Waals surface area contributed by atoms with Gasteiger partial charge in [-0.05, 0) is 37.6 Å². The van der Waals surface area contributed by atoms with E-state index in [-0.39, 0.29) is 11.2 Å². The van der Waals surface area contributed by atoms with Gasteiger partial charge in [-0.25, -0.2) is 9.78 Å². The van der Waals surface area contributed by atoms with E-state index in [0.717, 1.165) is 5.56 Å². The Balaban J connectivity index is 1.91. The van der Waals surface area contributed by atoms with Crippen LogP contribution >= 0.6 is 11.6 Å². The minimum Gasteiger partial charge on any atom is -0.490 e. The highest BCUT2D eigenvalue weighted by Gasteiger charge is 2.14. The second-order valence-electron chi connectivity index (χ2n) is 6.26. The van der Waals surface area contributed by atoms with Gasteiger partial charge in [0.25, 0.3) is 5.56 Å². The Morgan fingerprint density at radius 1 is 1.14 bits per heavy atom. The molecular formula is C20H23ClN4O4. The maximum absolute atomic E-state index is 12.5. The Morgan fingerprint density at radius 2 is 1.90 bits per heavy atom. The number of rotatable bonds is 8. The molecule has 2 heterocycles. The number of fused-ring (bicyclic) bond motifs is 1. The van der Waals surface area contributed by atoms with E-state index in [4.69, 9.17) is 21.1 Å². The van der Waals surface area contributed by atoms with Gasteiger partial charge in [-0.1, -0.05) is 23.7 Å². The van der Waals surface area contributed by atoms with Crippen LogP contribution in [0.5, 0.6) is 5.75 Å². The highest BCUT2D eigenvalue weighted by Crippen LogP contribution is 2.26. The molecule has 0 saturated carbocycles. The zero-order chi connectivity index (χ0) is 21.0. The topological polar surface area (TPSA) is 91.1 Å². The molecule has 0 bridgehead atoms. The minimum absolute atomic E-state index is 0.301. The molecule has 1 N–H and O–H groups in total. The lowest BCUT2D eigenvalue weighted by atomic mass is 10.2. The fraction of sp³-hybridized carbons (Fsp3) is 0.350. The second kappa shape index (κ2) is 9.11. The van der Waals surface area contributed by atoms with Crippen molar-refractivity contribution in [1.82, 2.24) is 19.1 Å². The van der Waals surface area contributed by atoms with Crippen LogP contribution in [0.1, 0.15) is 25.2 Å². The predicted octanol–water partition coefficient (Wildman–Crippen LogP) is 2.78. The van der Waals surface area contributed by atoms with Crippen molar-refractivity contribution in [2.75, 3.05) is 20.3 Å². The van der Waals surface area contributed by atoms with Crippen molar-refractivity contribution in [3.8, 4) is 5.75 Å². The largest absolute Gasteiger partial charge is 0.490 e. The average Bonchev–Trinajstić information content (AvgIpc) is 3.13. The number of aryl methyl sites for hydroxylation is 1. The highest BCUT2D eigenvalue weighted by atomic mass is 35.5. The van der Waals surface area contributed by atoms with E-state index < -0.39 is 0 Å². The lowest BCUT2D eigenvalue weighted by Gasteiger charge is -2.07. The van der Waals surface area contributed by atoms with E-state index in [9.17, 15) is 9.59 Å². The van der Waals surface area contributed by atoms with Crippen LogP contribution in [0.25, 0.3) is 23.3 Å². The van der Waals surface area contributed by atoms with Crippen LogP contribution in [-0.2, 0) is 17.8 Å². The smallest absolute Gasteiger partial charge is 0.332 e. The van der Waals surface area contributed by atoms with Crippen LogP contribution in [0, 0.1) is 0 Å². The number of methoxy groups -OCH3 is 1. The van der Waals surface area contributed by atoms with Crippen LogP contribution in [0.2, 0.25) is 5.02 Å². The van der Waals surface area contributed by atoms with Crippen LogP contribution < -0.4 is 16.0 Å². The van der Waals surface area contributed by atoms with Gasteiger partial charge in [0.15, 0.2) is 5.65 Å². The summed E-state index contributed by atoms with van der Waals surface area (Å²) in [5.41, 5.74) is 0.781. The molecule has 0 aliphatic carbocycles. The lowest BCUT2D eigenvalue weighted by molar-refractivity contribution is 0.146. The van der Waals surface area contributed by atoms with Crippen molar-refractivity contribution < 1.29 is 9.47 Å². The SMILES string of the molecule is CCn1c(=O)c2[nH]c(/C=C/c3ccc(OCCOC)c(Cl)c3)nc2n(CC)c1=O. The number of imidazole rings is 1. The van der Waals surface area contributed by atoms with Gasteiger partial charge in [0.2, 0.25) is 0 Å². The van der Waals surface area contributed by atoms with Gasteiger partial charge < -0.3 is 14.5 Å². The van der Waals surface area contributed by atoms with Crippen LogP contribution in [0.15, 0.2) is 27.8 Å². The Morgan fingerprint density at radius 3 is 2.55 bits per heavy atom. The van der Waals surface area contributed by atoms with Gasteiger partial charge in [-0.2, -0.15) is 0 Å². The second-order valence-corrected chi connectivity index (χ2v) is 6.67. The number of benzene rings is 1. The van der Waals surface area contributed by atoms with E-state index in [1.807, 2.05) is 19.1 Å². The van der Waals surface area contributed by atoms with Gasteiger partial charge in [-0.3, -0.25) is 13.9 Å². The number of hydrogen-bond acceptors (Lipinski definition) is 5. The third-order valence-electron chi connectivity index (χ3n) is 4.45. The zero-order valence-electron chi connectivity index (χ0n) is 16.6. The van der Waals surface area contributed by atoms with Gasteiger partial charge in [0, 0.05) is 20.2 Å². The van der Waals surface area contributed by atoms with E-state index in [1.54, 1.807) is 32.2 Å². The number of hydrogen-bond donors (Lipinski definition) is 1. The molecule has 3 aromatic rings. The summed E-state index contributed by atoms with van der Waals surface area (Å²) >= 11 is 6.26. The molecule has 8 nitrogen and oxygen atoms in total. The van der Waals surface area contributed by atoms with Gasteiger partial charge in [-0.15, -0.1) is 0 Å². The number of H-pyrrole nitrogens is 1. The fourth-order valence-electron chi connectivity index (χ4n) is 2.98. The Bertz CT molecular complexity index is 1160. The molecule has 0 aliphatic rings. The maximum atomic E-state index is 12.5. The first-order chi connectivity index (χ1) is 14.0. The lowest BCUT2D eigenvalue weighted by Crippen LogP contribution is -2.39. The molecule has 0 spiro atoms. The zero-order valence-corrected chi connectivity index (χ0v) is 17.3. The molecule has 0 unspecified atom stereocenters. The Labute approximate surface area is 172 Å². The summed E-state index contributed by atoms with van der Waals surface area (Å²) in [4.78, 5) is 32.4. The van der Waals surface area contributed by atoms with Crippen molar-refractivity contribution in [2.24, 2.45) is 0 Å². The van der Waals surface area contributed by atoms with E-state index in [0.29, 0.717) is 54.1 Å². The summed E-state index contributed by atoms with van der Waals surface area (Å²) in [5.74, 6) is 1.06. The summed E-state index contributed by atoms with van der Waals surface area (Å²) in [6, 6.07) is 5.42. The normalized spacial score (nSPS) is 11.6. The monoisotopic (exact) mass is 418 g/mol. The van der Waals surface area contributed by atoms with Crippen molar-refractivity contribution in [3.63, 3.8) is 0 Å². The molecular weight excluding hydrogens is 396 g/mol. The first kappa shape index (κ1) is 20.9. The van der Waals surface area contributed by atoms with Crippen LogP contribution in [-0.4, -0.2) is 39.4 Å². The van der Waals surface area contributed by atoms with Gasteiger partial charge in [0.05, 0.1) is 11.6 Å². The summed E-state index contributed by atoms with van der Waals surface area (Å²) in [6.07, 6.45) is 3.55. The number of halogens is 1. The summed E-state index contributed by atoms with van der Waals surface area (Å²) in [6.45, 7) is 5.22. The molecule has 29 heavy (non-hydrogen) atoms.